The van der Waals surface area contributed by atoms with Gasteiger partial charge in [0.15, 0.2) is 0 Å². The number of ether oxygens (including phenoxy) is 1. The largest absolute Gasteiger partial charge is 0.469 e. The first-order valence-corrected chi connectivity index (χ1v) is 7.08. The summed E-state index contributed by atoms with van der Waals surface area (Å²) in [5.41, 5.74) is 2.23. The second-order valence-corrected chi connectivity index (χ2v) is 5.02. The zero-order chi connectivity index (χ0) is 15.1. The predicted molar refractivity (Wildman–Crippen MR) is 85.8 cm³/mol. The maximum atomic E-state index is 11.9. The maximum absolute atomic E-state index is 11.9. The minimum atomic E-state index is -0.225. The van der Waals surface area contributed by atoms with Crippen LogP contribution in [0.25, 0.3) is 6.08 Å². The van der Waals surface area contributed by atoms with Crippen LogP contribution in [-0.2, 0) is 9.53 Å². The Morgan fingerprint density at radius 3 is 2.14 bits per heavy atom. The van der Waals surface area contributed by atoms with Crippen LogP contribution >= 0.6 is 0 Å². The normalized spacial score (nSPS) is 13.8. The lowest BCUT2D eigenvalue weighted by Gasteiger charge is -2.19. The summed E-state index contributed by atoms with van der Waals surface area (Å²) in [6, 6.07) is 20.1. The molecule has 0 aliphatic carbocycles. The third-order valence-corrected chi connectivity index (χ3v) is 3.59. The summed E-state index contributed by atoms with van der Waals surface area (Å²) in [5.74, 6) is -0.419. The highest BCUT2D eigenvalue weighted by Crippen LogP contribution is 2.27. The van der Waals surface area contributed by atoms with Crippen LogP contribution < -0.4 is 0 Å². The molecule has 2 heteroatoms. The molecule has 0 bridgehead atoms. The molecule has 0 aliphatic heterocycles. The van der Waals surface area contributed by atoms with E-state index in [0.29, 0.717) is 0 Å². The second kappa shape index (κ2) is 7.44. The lowest BCUT2D eigenvalue weighted by atomic mass is 9.86. The molecule has 0 N–H and O–H groups in total. The highest BCUT2D eigenvalue weighted by Gasteiger charge is 2.23. The molecule has 0 amide bonds. The maximum Gasteiger partial charge on any atom is 0.309 e. The van der Waals surface area contributed by atoms with Crippen molar-refractivity contribution in [3.8, 4) is 0 Å². The van der Waals surface area contributed by atoms with E-state index < -0.39 is 0 Å². The van der Waals surface area contributed by atoms with Gasteiger partial charge in [0.05, 0.1) is 13.0 Å². The number of allylic oxidation sites excluding steroid dienone is 1. The van der Waals surface area contributed by atoms with E-state index in [1.165, 1.54) is 7.11 Å². The summed E-state index contributed by atoms with van der Waals surface area (Å²) in [4.78, 5) is 11.9. The minimum absolute atomic E-state index is 0.00106. The molecular formula is C19H20O2. The molecule has 0 saturated carbocycles. The Kier molecular flexibility index (Phi) is 5.33. The Bertz CT molecular complexity index is 587. The Morgan fingerprint density at radius 2 is 1.57 bits per heavy atom. The smallest absolute Gasteiger partial charge is 0.309 e. The number of hydrogen-bond donors (Lipinski definition) is 0. The molecule has 21 heavy (non-hydrogen) atoms. The summed E-state index contributed by atoms with van der Waals surface area (Å²) in [6.07, 6.45) is 4.13. The molecule has 0 radical (unpaired) electrons. The molecule has 2 atom stereocenters. The summed E-state index contributed by atoms with van der Waals surface area (Å²) >= 11 is 0. The SMILES string of the molecule is COC(=O)C(C)C(C=Cc1ccccc1)c1ccccc1. The standard InChI is InChI=1S/C19H20O2/c1-15(19(20)21-2)18(17-11-7-4-8-12-17)14-13-16-9-5-3-6-10-16/h3-15,18H,1-2H3. The molecular weight excluding hydrogens is 260 g/mol. The summed E-state index contributed by atoms with van der Waals surface area (Å²) in [5, 5.41) is 0. The Balaban J connectivity index is 2.28. The van der Waals surface area contributed by atoms with Crippen molar-refractivity contribution in [3.63, 3.8) is 0 Å². The predicted octanol–water partition coefficient (Wildman–Crippen LogP) is 4.29. The van der Waals surface area contributed by atoms with E-state index in [1.807, 2.05) is 67.6 Å². The van der Waals surface area contributed by atoms with Crippen LogP contribution in [-0.4, -0.2) is 13.1 Å². The highest BCUT2D eigenvalue weighted by molar-refractivity contribution is 5.74. The van der Waals surface area contributed by atoms with Crippen molar-refractivity contribution in [1.29, 1.82) is 0 Å². The van der Waals surface area contributed by atoms with Crippen LogP contribution in [0.1, 0.15) is 24.0 Å². The molecule has 0 spiro atoms. The van der Waals surface area contributed by atoms with E-state index >= 15 is 0 Å². The van der Waals surface area contributed by atoms with Crippen molar-refractivity contribution < 1.29 is 9.53 Å². The number of carbonyl (C=O) groups is 1. The molecule has 0 heterocycles. The molecule has 108 valence electrons. The zero-order valence-corrected chi connectivity index (χ0v) is 12.4. The van der Waals surface area contributed by atoms with Gasteiger partial charge in [0, 0.05) is 5.92 Å². The van der Waals surface area contributed by atoms with E-state index in [4.69, 9.17) is 4.74 Å². The zero-order valence-electron chi connectivity index (χ0n) is 12.4. The lowest BCUT2D eigenvalue weighted by Crippen LogP contribution is -2.19. The average Bonchev–Trinajstić information content (AvgIpc) is 2.56. The van der Waals surface area contributed by atoms with E-state index in [2.05, 4.69) is 12.2 Å². The van der Waals surface area contributed by atoms with Crippen LogP contribution in [0.5, 0.6) is 0 Å². The first-order valence-electron chi connectivity index (χ1n) is 7.08. The first-order chi connectivity index (χ1) is 10.2. The molecule has 2 aromatic rings. The van der Waals surface area contributed by atoms with Crippen LogP contribution in [0, 0.1) is 5.92 Å². The van der Waals surface area contributed by atoms with Crippen molar-refractivity contribution >= 4 is 12.0 Å². The van der Waals surface area contributed by atoms with Gasteiger partial charge in [0.2, 0.25) is 0 Å². The second-order valence-electron chi connectivity index (χ2n) is 5.02. The van der Waals surface area contributed by atoms with Gasteiger partial charge >= 0.3 is 5.97 Å². The molecule has 2 aromatic carbocycles. The topological polar surface area (TPSA) is 26.3 Å². The van der Waals surface area contributed by atoms with Gasteiger partial charge < -0.3 is 4.74 Å². The van der Waals surface area contributed by atoms with Crippen molar-refractivity contribution in [2.75, 3.05) is 7.11 Å². The quantitative estimate of drug-likeness (QED) is 0.764. The van der Waals surface area contributed by atoms with Crippen LogP contribution in [0.3, 0.4) is 0 Å². The van der Waals surface area contributed by atoms with Gasteiger partial charge in [0.25, 0.3) is 0 Å². The fraction of sp³-hybridized carbons (Fsp3) is 0.211. The molecule has 0 fully saturated rings. The van der Waals surface area contributed by atoms with E-state index in [1.54, 1.807) is 0 Å². The van der Waals surface area contributed by atoms with Gasteiger partial charge in [-0.3, -0.25) is 4.79 Å². The lowest BCUT2D eigenvalue weighted by molar-refractivity contribution is -0.145. The number of hydrogen-bond acceptors (Lipinski definition) is 2. The number of esters is 1. The number of methoxy groups -OCH3 is 1. The molecule has 0 aromatic heterocycles. The summed E-state index contributed by atoms with van der Waals surface area (Å²) < 4.78 is 4.89. The van der Waals surface area contributed by atoms with Gasteiger partial charge in [-0.25, -0.2) is 0 Å². The molecule has 0 aliphatic rings. The Morgan fingerprint density at radius 1 is 1.00 bits per heavy atom. The van der Waals surface area contributed by atoms with Gasteiger partial charge in [-0.05, 0) is 11.1 Å². The van der Waals surface area contributed by atoms with Crippen molar-refractivity contribution in [1.82, 2.24) is 0 Å². The van der Waals surface area contributed by atoms with Crippen LogP contribution in [0.4, 0.5) is 0 Å². The van der Waals surface area contributed by atoms with Crippen molar-refractivity contribution in [3.05, 3.63) is 77.9 Å². The molecule has 2 unspecified atom stereocenters. The molecule has 2 rings (SSSR count). The molecule has 0 saturated heterocycles. The first kappa shape index (κ1) is 15.0. The van der Waals surface area contributed by atoms with Gasteiger partial charge in [-0.2, -0.15) is 0 Å². The number of benzene rings is 2. The monoisotopic (exact) mass is 280 g/mol. The average molecular weight is 280 g/mol. The number of carbonyl (C=O) groups excluding carboxylic acids is 1. The molecule has 2 nitrogen and oxygen atoms in total. The Hall–Kier alpha value is -2.35. The van der Waals surface area contributed by atoms with Crippen molar-refractivity contribution in [2.45, 2.75) is 12.8 Å². The van der Waals surface area contributed by atoms with Crippen LogP contribution in [0.2, 0.25) is 0 Å². The summed E-state index contributed by atoms with van der Waals surface area (Å²) in [7, 11) is 1.43. The minimum Gasteiger partial charge on any atom is -0.469 e. The van der Waals surface area contributed by atoms with E-state index in [0.717, 1.165) is 11.1 Å². The highest BCUT2D eigenvalue weighted by atomic mass is 16.5. The third-order valence-electron chi connectivity index (χ3n) is 3.59. The van der Waals surface area contributed by atoms with E-state index in [-0.39, 0.29) is 17.8 Å². The van der Waals surface area contributed by atoms with Gasteiger partial charge in [-0.1, -0.05) is 79.7 Å². The van der Waals surface area contributed by atoms with Gasteiger partial charge in [0.1, 0.15) is 0 Å². The fourth-order valence-electron chi connectivity index (χ4n) is 2.35. The van der Waals surface area contributed by atoms with Gasteiger partial charge in [-0.15, -0.1) is 0 Å². The Labute approximate surface area is 126 Å². The third kappa shape index (κ3) is 4.06. The summed E-state index contributed by atoms with van der Waals surface area (Å²) in [6.45, 7) is 1.90. The van der Waals surface area contributed by atoms with E-state index in [9.17, 15) is 4.79 Å². The number of rotatable bonds is 5. The fourth-order valence-corrected chi connectivity index (χ4v) is 2.35. The van der Waals surface area contributed by atoms with Crippen molar-refractivity contribution in [2.24, 2.45) is 5.92 Å². The van der Waals surface area contributed by atoms with Crippen LogP contribution in [0.15, 0.2) is 66.7 Å².